The van der Waals surface area contributed by atoms with Crippen molar-refractivity contribution in [1.29, 1.82) is 0 Å². The molecule has 4 nitrogen and oxygen atoms in total. The first-order valence-electron chi connectivity index (χ1n) is 5.97. The molecule has 0 atom stereocenters. The molecule has 0 saturated heterocycles. The lowest BCUT2D eigenvalue weighted by Crippen LogP contribution is -2.17. The molecule has 2 rings (SSSR count). The van der Waals surface area contributed by atoms with Gasteiger partial charge in [-0.15, -0.1) is 13.2 Å². The van der Waals surface area contributed by atoms with Crippen molar-refractivity contribution in [2.24, 2.45) is 7.05 Å². The molecule has 0 aliphatic carbocycles. The van der Waals surface area contributed by atoms with Crippen LogP contribution in [0.2, 0.25) is 0 Å². The van der Waals surface area contributed by atoms with Gasteiger partial charge in [0.2, 0.25) is 5.78 Å². The highest BCUT2D eigenvalue weighted by atomic mass is 19.4. The van der Waals surface area contributed by atoms with Crippen LogP contribution in [0.15, 0.2) is 42.7 Å². The Kier molecular flexibility index (Phi) is 4.21. The van der Waals surface area contributed by atoms with Gasteiger partial charge in [-0.3, -0.25) is 4.79 Å². The minimum absolute atomic E-state index is 0.191. The van der Waals surface area contributed by atoms with E-state index in [4.69, 9.17) is 4.74 Å². The minimum atomic E-state index is -4.73. The number of nitrogens with zero attached hydrogens (tertiary/aromatic N) is 1. The lowest BCUT2D eigenvalue weighted by atomic mass is 10.2. The van der Waals surface area contributed by atoms with E-state index in [2.05, 4.69) is 4.74 Å². The molecule has 0 radical (unpaired) electrons. The number of benzene rings is 1. The molecule has 21 heavy (non-hydrogen) atoms. The van der Waals surface area contributed by atoms with E-state index in [1.165, 1.54) is 12.1 Å². The number of hydrogen-bond donors (Lipinski definition) is 0. The van der Waals surface area contributed by atoms with Crippen molar-refractivity contribution in [3.8, 4) is 11.5 Å². The Morgan fingerprint density at radius 1 is 1.14 bits per heavy atom. The molecule has 1 heterocycles. The second-order valence-corrected chi connectivity index (χ2v) is 4.30. The lowest BCUT2D eigenvalue weighted by Gasteiger charge is -2.09. The maximum Gasteiger partial charge on any atom is 0.573 e. The maximum absolute atomic E-state index is 12.0. The molecule has 0 saturated carbocycles. The van der Waals surface area contributed by atoms with Crippen molar-refractivity contribution >= 4 is 5.78 Å². The Labute approximate surface area is 118 Å². The highest BCUT2D eigenvalue weighted by Gasteiger charge is 2.30. The van der Waals surface area contributed by atoms with Gasteiger partial charge in [0, 0.05) is 25.0 Å². The number of ether oxygens (including phenoxy) is 2. The Hall–Kier alpha value is -2.44. The molecule has 0 aliphatic rings. The van der Waals surface area contributed by atoms with Crippen LogP contribution in [0.4, 0.5) is 13.2 Å². The molecule has 2 aromatic rings. The van der Waals surface area contributed by atoms with Crippen LogP contribution in [0.25, 0.3) is 0 Å². The highest BCUT2D eigenvalue weighted by Crippen LogP contribution is 2.24. The molecule has 1 aromatic heterocycles. The molecular formula is C14H12F3NO3. The summed E-state index contributed by atoms with van der Waals surface area (Å²) in [6, 6.07) is 6.51. The molecule has 0 N–H and O–H groups in total. The SMILES string of the molecule is Cn1ccc(C(=O)COc2ccc(OC(F)(F)F)cc2)c1. The number of halogens is 3. The highest BCUT2D eigenvalue weighted by molar-refractivity contribution is 5.97. The number of carbonyl (C=O) groups is 1. The number of Topliss-reactive ketones (excluding diaryl/α,β-unsaturated/α-hetero) is 1. The van der Waals surface area contributed by atoms with E-state index >= 15 is 0 Å². The van der Waals surface area contributed by atoms with E-state index < -0.39 is 6.36 Å². The van der Waals surface area contributed by atoms with E-state index in [0.29, 0.717) is 5.56 Å². The van der Waals surface area contributed by atoms with Gasteiger partial charge in [-0.2, -0.15) is 0 Å². The van der Waals surface area contributed by atoms with E-state index in [9.17, 15) is 18.0 Å². The predicted octanol–water partition coefficient (Wildman–Crippen LogP) is 3.19. The van der Waals surface area contributed by atoms with Gasteiger partial charge >= 0.3 is 6.36 Å². The first-order valence-corrected chi connectivity index (χ1v) is 5.97. The Bertz CT molecular complexity index is 617. The van der Waals surface area contributed by atoms with Gasteiger partial charge in [-0.25, -0.2) is 0 Å². The van der Waals surface area contributed by atoms with Crippen molar-refractivity contribution in [3.05, 3.63) is 48.3 Å². The molecule has 0 aliphatic heterocycles. The third-order valence-electron chi connectivity index (χ3n) is 2.58. The number of hydrogen-bond acceptors (Lipinski definition) is 3. The van der Waals surface area contributed by atoms with Crippen LogP contribution >= 0.6 is 0 Å². The van der Waals surface area contributed by atoms with Crippen LogP contribution in [-0.4, -0.2) is 23.3 Å². The zero-order valence-electron chi connectivity index (χ0n) is 11.1. The molecule has 0 unspecified atom stereocenters. The van der Waals surface area contributed by atoms with Crippen LogP contribution in [0.3, 0.4) is 0 Å². The maximum atomic E-state index is 12.0. The van der Waals surface area contributed by atoms with Gasteiger partial charge in [0.15, 0.2) is 6.61 Å². The standard InChI is InChI=1S/C14H12F3NO3/c1-18-7-6-10(8-18)13(19)9-20-11-2-4-12(5-3-11)21-14(15,16)17/h2-8H,9H2,1H3. The molecule has 0 bridgehead atoms. The summed E-state index contributed by atoms with van der Waals surface area (Å²) in [7, 11) is 1.79. The molecular weight excluding hydrogens is 287 g/mol. The number of aryl methyl sites for hydroxylation is 1. The average Bonchev–Trinajstić information content (AvgIpc) is 2.82. The second kappa shape index (κ2) is 5.90. The fraction of sp³-hybridized carbons (Fsp3) is 0.214. The van der Waals surface area contributed by atoms with Crippen LogP contribution in [0.5, 0.6) is 11.5 Å². The number of aromatic nitrogens is 1. The van der Waals surface area contributed by atoms with Gasteiger partial charge in [-0.05, 0) is 30.3 Å². The van der Waals surface area contributed by atoms with Gasteiger partial charge in [0.25, 0.3) is 0 Å². The summed E-state index contributed by atoms with van der Waals surface area (Å²) in [5.41, 5.74) is 0.509. The summed E-state index contributed by atoms with van der Waals surface area (Å²) < 4.78 is 46.6. The number of carbonyl (C=O) groups excluding carboxylic acids is 1. The lowest BCUT2D eigenvalue weighted by molar-refractivity contribution is -0.274. The summed E-state index contributed by atoms with van der Waals surface area (Å²) in [4.78, 5) is 11.8. The van der Waals surface area contributed by atoms with Gasteiger partial charge in [0.05, 0.1) is 0 Å². The van der Waals surface area contributed by atoms with E-state index in [1.54, 1.807) is 30.1 Å². The van der Waals surface area contributed by atoms with Crippen molar-refractivity contribution in [3.63, 3.8) is 0 Å². The Morgan fingerprint density at radius 3 is 2.29 bits per heavy atom. The third-order valence-corrected chi connectivity index (χ3v) is 2.58. The van der Waals surface area contributed by atoms with Gasteiger partial charge in [0.1, 0.15) is 11.5 Å². The van der Waals surface area contributed by atoms with Gasteiger partial charge in [-0.1, -0.05) is 0 Å². The smallest absolute Gasteiger partial charge is 0.485 e. The summed E-state index contributed by atoms with van der Waals surface area (Å²) in [6.45, 7) is -0.191. The van der Waals surface area contributed by atoms with Crippen LogP contribution in [-0.2, 0) is 7.05 Å². The second-order valence-electron chi connectivity index (χ2n) is 4.30. The quantitative estimate of drug-likeness (QED) is 0.796. The molecule has 0 amide bonds. The Morgan fingerprint density at radius 2 is 1.76 bits per heavy atom. The van der Waals surface area contributed by atoms with Crippen molar-refractivity contribution in [1.82, 2.24) is 4.57 Å². The molecule has 112 valence electrons. The monoisotopic (exact) mass is 299 g/mol. The predicted molar refractivity (Wildman–Crippen MR) is 68.4 cm³/mol. The molecule has 0 fully saturated rings. The fourth-order valence-electron chi connectivity index (χ4n) is 1.64. The average molecular weight is 299 g/mol. The van der Waals surface area contributed by atoms with Gasteiger partial charge < -0.3 is 14.0 Å². The van der Waals surface area contributed by atoms with Crippen molar-refractivity contribution in [2.45, 2.75) is 6.36 Å². The van der Waals surface area contributed by atoms with E-state index in [-0.39, 0.29) is 23.9 Å². The normalized spacial score (nSPS) is 11.2. The zero-order valence-corrected chi connectivity index (χ0v) is 11.1. The van der Waals surface area contributed by atoms with Crippen LogP contribution in [0, 0.1) is 0 Å². The minimum Gasteiger partial charge on any atom is -0.485 e. The summed E-state index contributed by atoms with van der Waals surface area (Å²) in [5.74, 6) is -0.274. The molecule has 0 spiro atoms. The van der Waals surface area contributed by atoms with Crippen molar-refractivity contribution in [2.75, 3.05) is 6.61 Å². The number of alkyl halides is 3. The largest absolute Gasteiger partial charge is 0.573 e. The van der Waals surface area contributed by atoms with Crippen LogP contribution < -0.4 is 9.47 Å². The fourth-order valence-corrected chi connectivity index (χ4v) is 1.64. The molecule has 7 heteroatoms. The van der Waals surface area contributed by atoms with Crippen LogP contribution in [0.1, 0.15) is 10.4 Å². The topological polar surface area (TPSA) is 40.5 Å². The Balaban J connectivity index is 1.90. The third kappa shape index (κ3) is 4.55. The van der Waals surface area contributed by atoms with Crippen molar-refractivity contribution < 1.29 is 27.4 Å². The summed E-state index contributed by atoms with van der Waals surface area (Å²) >= 11 is 0. The summed E-state index contributed by atoms with van der Waals surface area (Å²) in [6.07, 6.45) is -1.34. The first kappa shape index (κ1) is 15.0. The first-order chi connectivity index (χ1) is 9.83. The molecule has 1 aromatic carbocycles. The number of ketones is 1. The summed E-state index contributed by atoms with van der Waals surface area (Å²) in [5, 5.41) is 0. The van der Waals surface area contributed by atoms with E-state index in [1.807, 2.05) is 0 Å². The van der Waals surface area contributed by atoms with E-state index in [0.717, 1.165) is 12.1 Å². The number of rotatable bonds is 5. The zero-order chi connectivity index (χ0) is 15.5.